The van der Waals surface area contributed by atoms with E-state index in [2.05, 4.69) is 10.4 Å². The third-order valence-corrected chi connectivity index (χ3v) is 6.87. The lowest BCUT2D eigenvalue weighted by Crippen LogP contribution is -2.45. The van der Waals surface area contributed by atoms with Crippen LogP contribution in [0.3, 0.4) is 0 Å². The summed E-state index contributed by atoms with van der Waals surface area (Å²) in [6.07, 6.45) is 1.33. The predicted molar refractivity (Wildman–Crippen MR) is 133 cm³/mol. The lowest BCUT2D eigenvalue weighted by atomic mass is 9.96. The highest BCUT2D eigenvalue weighted by Crippen LogP contribution is 2.39. The molecule has 2 amide bonds. The molecule has 0 bridgehead atoms. The number of halogens is 3. The summed E-state index contributed by atoms with van der Waals surface area (Å²) in [5.41, 5.74) is -1.56. The van der Waals surface area contributed by atoms with E-state index in [0.717, 1.165) is 31.7 Å². The number of aryl methyl sites for hydroxylation is 1. The number of fused-ring (bicyclic) bond motifs is 1. The van der Waals surface area contributed by atoms with Crippen LogP contribution in [0.15, 0.2) is 30.5 Å². The van der Waals surface area contributed by atoms with E-state index >= 15 is 0 Å². The Morgan fingerprint density at radius 3 is 2.53 bits per heavy atom. The Hall–Kier alpha value is -3.37. The number of nitrogens with zero attached hydrogens (tertiary/aromatic N) is 3. The zero-order chi connectivity index (χ0) is 27.7. The van der Waals surface area contributed by atoms with E-state index in [1.54, 1.807) is 33.0 Å². The maximum absolute atomic E-state index is 13.6. The fourth-order valence-electron chi connectivity index (χ4n) is 5.17. The van der Waals surface area contributed by atoms with Crippen molar-refractivity contribution in [2.45, 2.75) is 90.2 Å². The van der Waals surface area contributed by atoms with E-state index in [0.29, 0.717) is 6.42 Å². The van der Waals surface area contributed by atoms with Gasteiger partial charge in [0.25, 0.3) is 5.91 Å². The number of hydrogen-bond acceptors (Lipinski definition) is 5. The number of rotatable bonds is 8. The van der Waals surface area contributed by atoms with Crippen LogP contribution >= 0.6 is 0 Å². The Morgan fingerprint density at radius 2 is 1.87 bits per heavy atom. The van der Waals surface area contributed by atoms with Crippen LogP contribution in [0.2, 0.25) is 0 Å². The molecular weight excluding hydrogens is 501 g/mol. The van der Waals surface area contributed by atoms with Crippen LogP contribution in [-0.2, 0) is 33.6 Å². The summed E-state index contributed by atoms with van der Waals surface area (Å²) in [6, 6.07) is 4.20. The van der Waals surface area contributed by atoms with Crippen molar-refractivity contribution in [3.05, 3.63) is 47.2 Å². The summed E-state index contributed by atoms with van der Waals surface area (Å²) in [7, 11) is 0. The van der Waals surface area contributed by atoms with E-state index < -0.39 is 35.2 Å². The molecular formula is C27H33F3N4O4. The molecule has 8 nitrogen and oxygen atoms in total. The van der Waals surface area contributed by atoms with Crippen LogP contribution in [-0.4, -0.2) is 44.1 Å². The van der Waals surface area contributed by atoms with Crippen molar-refractivity contribution >= 4 is 23.6 Å². The minimum Gasteiger partial charge on any atom is -0.460 e. The summed E-state index contributed by atoms with van der Waals surface area (Å²) in [5.74, 6) is -1.01. The third kappa shape index (κ3) is 6.54. The molecule has 4 rings (SSSR count). The Kier molecular flexibility index (Phi) is 7.85. The zero-order valence-corrected chi connectivity index (χ0v) is 21.8. The maximum Gasteiger partial charge on any atom is 0.416 e. The highest BCUT2D eigenvalue weighted by Gasteiger charge is 2.43. The summed E-state index contributed by atoms with van der Waals surface area (Å²) in [5, 5.41) is 7.02. The number of amides is 2. The molecule has 0 spiro atoms. The van der Waals surface area contributed by atoms with Gasteiger partial charge in [0.2, 0.25) is 5.91 Å². The number of esters is 1. The molecule has 1 fully saturated rings. The quantitative estimate of drug-likeness (QED) is 0.472. The van der Waals surface area contributed by atoms with Crippen LogP contribution in [0.4, 0.5) is 19.0 Å². The lowest BCUT2D eigenvalue weighted by Gasteiger charge is -2.29. The third-order valence-electron chi connectivity index (χ3n) is 6.87. The van der Waals surface area contributed by atoms with Crippen molar-refractivity contribution in [3.63, 3.8) is 0 Å². The topological polar surface area (TPSA) is 93.5 Å². The van der Waals surface area contributed by atoms with Gasteiger partial charge in [-0.2, -0.15) is 18.3 Å². The van der Waals surface area contributed by atoms with Gasteiger partial charge in [0.1, 0.15) is 11.6 Å². The summed E-state index contributed by atoms with van der Waals surface area (Å²) in [4.78, 5) is 39.9. The van der Waals surface area contributed by atoms with Gasteiger partial charge in [-0.1, -0.05) is 31.7 Å². The van der Waals surface area contributed by atoms with Gasteiger partial charge in [-0.3, -0.25) is 19.1 Å². The van der Waals surface area contributed by atoms with Crippen LogP contribution in [0, 0.1) is 5.92 Å². The molecule has 2 aromatic rings. The number of carbonyl (C=O) groups excluding carboxylic acids is 3. The first-order valence-electron chi connectivity index (χ1n) is 12.9. The van der Waals surface area contributed by atoms with Crippen LogP contribution in [0.25, 0.3) is 0 Å². The molecule has 38 heavy (non-hydrogen) atoms. The van der Waals surface area contributed by atoms with E-state index in [1.807, 2.05) is 0 Å². The highest BCUT2D eigenvalue weighted by atomic mass is 19.4. The Morgan fingerprint density at radius 1 is 1.16 bits per heavy atom. The van der Waals surface area contributed by atoms with Crippen molar-refractivity contribution in [1.82, 2.24) is 14.7 Å². The Labute approximate surface area is 219 Å². The molecule has 1 aliphatic heterocycles. The van der Waals surface area contributed by atoms with Gasteiger partial charge in [0, 0.05) is 24.4 Å². The van der Waals surface area contributed by atoms with Crippen molar-refractivity contribution < 1.29 is 32.3 Å². The number of anilines is 1. The van der Waals surface area contributed by atoms with Gasteiger partial charge < -0.3 is 15.0 Å². The first-order valence-corrected chi connectivity index (χ1v) is 12.9. The van der Waals surface area contributed by atoms with Crippen molar-refractivity contribution in [3.8, 4) is 0 Å². The minimum absolute atomic E-state index is 0.0181. The molecule has 1 aromatic heterocycles. The molecule has 2 heterocycles. The summed E-state index contributed by atoms with van der Waals surface area (Å²) >= 11 is 0. The minimum atomic E-state index is -4.60. The SMILES string of the molecule is CC(C)(C)OC(=O)CCn1ccc(NC(=O)[C@H](CC2CCCC2)N2Cc3c(cccc3C(F)(F)F)C2=O)n1. The molecule has 1 atom stereocenters. The van der Waals surface area contributed by atoms with E-state index in [-0.39, 0.29) is 48.3 Å². The highest BCUT2D eigenvalue weighted by molar-refractivity contribution is 6.03. The molecule has 206 valence electrons. The number of carbonyl (C=O) groups is 3. The second kappa shape index (κ2) is 10.8. The van der Waals surface area contributed by atoms with Gasteiger partial charge in [0.05, 0.1) is 18.5 Å². The molecule has 1 aromatic carbocycles. The molecule has 0 radical (unpaired) electrons. The van der Waals surface area contributed by atoms with Crippen molar-refractivity contribution in [1.29, 1.82) is 0 Å². The van der Waals surface area contributed by atoms with E-state index in [4.69, 9.17) is 4.74 Å². The zero-order valence-electron chi connectivity index (χ0n) is 21.8. The fraction of sp³-hybridized carbons (Fsp3) is 0.556. The first kappa shape index (κ1) is 27.7. The smallest absolute Gasteiger partial charge is 0.416 e. The number of hydrogen-bond donors (Lipinski definition) is 1. The van der Waals surface area contributed by atoms with E-state index in [9.17, 15) is 27.6 Å². The van der Waals surface area contributed by atoms with Gasteiger partial charge >= 0.3 is 12.1 Å². The molecule has 11 heteroatoms. The normalized spacial score (nSPS) is 17.0. The summed E-state index contributed by atoms with van der Waals surface area (Å²) < 4.78 is 47.6. The molecule has 0 saturated heterocycles. The second-order valence-electron chi connectivity index (χ2n) is 11.0. The van der Waals surface area contributed by atoms with Crippen LogP contribution in [0.1, 0.15) is 80.8 Å². The predicted octanol–water partition coefficient (Wildman–Crippen LogP) is 5.18. The average molecular weight is 535 g/mol. The number of nitrogens with one attached hydrogen (secondary N) is 1. The maximum atomic E-state index is 13.6. The number of alkyl halides is 3. The number of aromatic nitrogens is 2. The largest absolute Gasteiger partial charge is 0.460 e. The standard InChI is InChI=1S/C27H33F3N4O4/c1-26(2,3)38-23(35)12-14-33-13-11-22(32-33)31-24(36)21(15-17-7-4-5-8-17)34-16-19-18(25(34)37)9-6-10-20(19)27(28,29)30/h6,9-11,13,17,21H,4-5,7-8,12,14-16H2,1-3H3,(H,31,32,36)/t21-/m0/s1. The van der Waals surface area contributed by atoms with Gasteiger partial charge in [-0.15, -0.1) is 0 Å². The van der Waals surface area contributed by atoms with Gasteiger partial charge in [-0.05, 0) is 50.8 Å². The van der Waals surface area contributed by atoms with Crippen molar-refractivity contribution in [2.24, 2.45) is 5.92 Å². The average Bonchev–Trinajstić information content (AvgIpc) is 3.55. The van der Waals surface area contributed by atoms with Crippen molar-refractivity contribution in [2.75, 3.05) is 5.32 Å². The number of benzene rings is 1. The molecule has 0 unspecified atom stereocenters. The van der Waals surface area contributed by atoms with Gasteiger partial charge in [0.15, 0.2) is 5.82 Å². The van der Waals surface area contributed by atoms with E-state index in [1.165, 1.54) is 21.7 Å². The number of ether oxygens (including phenoxy) is 1. The van der Waals surface area contributed by atoms with Gasteiger partial charge in [-0.25, -0.2) is 0 Å². The molecule has 2 aliphatic rings. The summed E-state index contributed by atoms with van der Waals surface area (Å²) in [6.45, 7) is 5.31. The van der Waals surface area contributed by atoms with Crippen LogP contribution < -0.4 is 5.32 Å². The molecule has 1 aliphatic carbocycles. The molecule has 1 N–H and O–H groups in total. The molecule has 1 saturated carbocycles. The van der Waals surface area contributed by atoms with Crippen LogP contribution in [0.5, 0.6) is 0 Å². The first-order chi connectivity index (χ1) is 17.8. The monoisotopic (exact) mass is 534 g/mol. The second-order valence-corrected chi connectivity index (χ2v) is 11.0. The fourth-order valence-corrected chi connectivity index (χ4v) is 5.17. The Bertz CT molecular complexity index is 1200. The Balaban J connectivity index is 1.48. The lowest BCUT2D eigenvalue weighted by molar-refractivity contribution is -0.155.